The molecule has 5 atom stereocenters. The summed E-state index contributed by atoms with van der Waals surface area (Å²) in [6, 6.07) is 1.03. The maximum Gasteiger partial charge on any atom is 0.326 e. The van der Waals surface area contributed by atoms with E-state index in [-0.39, 0.29) is 49.9 Å². The fourth-order valence-corrected chi connectivity index (χ4v) is 3.57. The van der Waals surface area contributed by atoms with E-state index in [1.54, 1.807) is 0 Å². The van der Waals surface area contributed by atoms with Gasteiger partial charge in [-0.15, -0.1) is 0 Å². The third kappa shape index (κ3) is 12.5. The number of guanidine groups is 1. The van der Waals surface area contributed by atoms with E-state index < -0.39 is 54.0 Å². The van der Waals surface area contributed by atoms with Gasteiger partial charge in [-0.1, -0.05) is 26.0 Å². The number of hydrogen-bond donors (Lipinski definition) is 9. The molecule has 14 nitrogen and oxygen atoms in total. The summed E-state index contributed by atoms with van der Waals surface area (Å²) < 4.78 is 0. The number of phenolic OH excluding ortho intramolecular Hbond substituents is 1. The second-order valence-corrected chi connectivity index (χ2v) is 9.74. The van der Waals surface area contributed by atoms with Gasteiger partial charge in [0.05, 0.1) is 6.10 Å². The molecule has 0 aromatic heterocycles. The summed E-state index contributed by atoms with van der Waals surface area (Å²) in [5, 5.41) is 36.3. The van der Waals surface area contributed by atoms with Crippen LogP contribution in [-0.4, -0.2) is 81.8 Å². The Hall–Kier alpha value is -3.91. The standard InChI is InChI=1S/C25H41N7O7/c1-13(2)11-18(31-23(37)20(26)14(3)33)22(36)30-17(5-4-10-29-25(27)28)21(35)32-19(24(38)39)12-15-6-8-16(34)9-7-15/h6-9,13-14,17-20,33-34H,4-5,10-12,26H2,1-3H3,(H,30,36)(H,31,37)(H,32,35)(H,38,39)(H4,27,28,29). The van der Waals surface area contributed by atoms with Crippen molar-refractivity contribution in [2.24, 2.45) is 28.1 Å². The van der Waals surface area contributed by atoms with Crippen LogP contribution in [-0.2, 0) is 25.6 Å². The lowest BCUT2D eigenvalue weighted by molar-refractivity contribution is -0.142. The first-order valence-corrected chi connectivity index (χ1v) is 12.6. The molecule has 0 bridgehead atoms. The third-order valence-corrected chi connectivity index (χ3v) is 5.73. The van der Waals surface area contributed by atoms with Gasteiger partial charge in [-0.05, 0) is 49.8 Å². The fourth-order valence-electron chi connectivity index (χ4n) is 3.57. The molecule has 0 radical (unpaired) electrons. The van der Waals surface area contributed by atoms with Crippen molar-refractivity contribution in [3.63, 3.8) is 0 Å². The summed E-state index contributed by atoms with van der Waals surface area (Å²) in [5.74, 6) is -3.63. The lowest BCUT2D eigenvalue weighted by Crippen LogP contribution is -2.58. The predicted molar refractivity (Wildman–Crippen MR) is 144 cm³/mol. The number of carboxylic acid groups (broad SMARTS) is 1. The summed E-state index contributed by atoms with van der Waals surface area (Å²) in [5.41, 5.74) is 16.9. The van der Waals surface area contributed by atoms with E-state index in [4.69, 9.17) is 17.2 Å². The van der Waals surface area contributed by atoms with Gasteiger partial charge >= 0.3 is 5.97 Å². The number of carboxylic acids is 1. The van der Waals surface area contributed by atoms with Gasteiger partial charge in [-0.2, -0.15) is 0 Å². The van der Waals surface area contributed by atoms with E-state index in [2.05, 4.69) is 20.9 Å². The second kappa shape index (κ2) is 16.1. The fraction of sp³-hybridized carbons (Fsp3) is 0.560. The number of amides is 3. The van der Waals surface area contributed by atoms with Crippen LogP contribution in [0.2, 0.25) is 0 Å². The molecule has 1 aromatic rings. The van der Waals surface area contributed by atoms with Crippen molar-refractivity contribution in [2.75, 3.05) is 6.54 Å². The SMILES string of the molecule is CC(C)CC(NC(=O)C(N)C(C)O)C(=O)NC(CCCN=C(N)N)C(=O)NC(Cc1ccc(O)cc1)C(=O)O. The van der Waals surface area contributed by atoms with Gasteiger partial charge in [0.25, 0.3) is 0 Å². The van der Waals surface area contributed by atoms with Crippen LogP contribution >= 0.6 is 0 Å². The molecule has 0 saturated carbocycles. The number of nitrogens with two attached hydrogens (primary N) is 3. The number of benzene rings is 1. The topological polar surface area (TPSA) is 255 Å². The van der Waals surface area contributed by atoms with Crippen molar-refractivity contribution in [1.29, 1.82) is 0 Å². The monoisotopic (exact) mass is 551 g/mol. The van der Waals surface area contributed by atoms with Crippen LogP contribution in [0.4, 0.5) is 0 Å². The number of hydrogen-bond acceptors (Lipinski definition) is 8. The minimum absolute atomic E-state index is 0.00987. The van der Waals surface area contributed by atoms with Crippen LogP contribution in [0.25, 0.3) is 0 Å². The first-order valence-electron chi connectivity index (χ1n) is 12.6. The molecule has 1 aromatic carbocycles. The Bertz CT molecular complexity index is 995. The van der Waals surface area contributed by atoms with Crippen molar-refractivity contribution in [2.45, 2.75) is 76.7 Å². The van der Waals surface area contributed by atoms with Crippen molar-refractivity contribution < 1.29 is 34.5 Å². The first kappa shape index (κ1) is 33.1. The highest BCUT2D eigenvalue weighted by atomic mass is 16.4. The number of nitrogens with one attached hydrogen (secondary N) is 3. The quantitative estimate of drug-likeness (QED) is 0.0638. The number of nitrogens with zero attached hydrogens (tertiary/aromatic N) is 1. The first-order chi connectivity index (χ1) is 18.2. The molecule has 14 heteroatoms. The number of aliphatic hydroxyl groups excluding tert-OH is 1. The Labute approximate surface area is 227 Å². The number of carbonyl (C=O) groups excluding carboxylic acids is 3. The van der Waals surface area contributed by atoms with Gasteiger partial charge in [-0.3, -0.25) is 19.4 Å². The summed E-state index contributed by atoms with van der Waals surface area (Å²) in [6.45, 7) is 5.17. The highest BCUT2D eigenvalue weighted by Gasteiger charge is 2.31. The summed E-state index contributed by atoms with van der Waals surface area (Å²) in [6.07, 6.45) is -0.664. The van der Waals surface area contributed by atoms with Crippen molar-refractivity contribution >= 4 is 29.7 Å². The molecule has 39 heavy (non-hydrogen) atoms. The van der Waals surface area contributed by atoms with Crippen LogP contribution in [0.3, 0.4) is 0 Å². The van der Waals surface area contributed by atoms with E-state index in [0.29, 0.717) is 5.56 Å². The maximum atomic E-state index is 13.2. The van der Waals surface area contributed by atoms with Crippen molar-refractivity contribution in [3.8, 4) is 5.75 Å². The average Bonchev–Trinajstić information content (AvgIpc) is 2.84. The number of phenols is 1. The average molecular weight is 552 g/mol. The van der Waals surface area contributed by atoms with E-state index in [1.807, 2.05) is 13.8 Å². The molecule has 1 rings (SSSR count). The number of aliphatic carboxylic acids is 1. The van der Waals surface area contributed by atoms with Gasteiger partial charge < -0.3 is 48.5 Å². The normalized spacial score (nSPS) is 14.8. The lowest BCUT2D eigenvalue weighted by atomic mass is 10.0. The second-order valence-electron chi connectivity index (χ2n) is 9.74. The van der Waals surface area contributed by atoms with Gasteiger partial charge in [0.1, 0.15) is 29.9 Å². The van der Waals surface area contributed by atoms with Crippen molar-refractivity contribution in [3.05, 3.63) is 29.8 Å². The Kier molecular flexibility index (Phi) is 13.7. The number of aliphatic hydroxyl groups is 1. The molecule has 0 heterocycles. The largest absolute Gasteiger partial charge is 0.508 e. The Balaban J connectivity index is 3.10. The number of carbonyl (C=O) groups is 4. The molecule has 0 aliphatic heterocycles. The van der Waals surface area contributed by atoms with Crippen LogP contribution in [0.15, 0.2) is 29.3 Å². The van der Waals surface area contributed by atoms with Crippen LogP contribution < -0.4 is 33.2 Å². The maximum absolute atomic E-state index is 13.2. The predicted octanol–water partition coefficient (Wildman–Crippen LogP) is -1.72. The molecule has 0 spiro atoms. The molecule has 218 valence electrons. The molecular weight excluding hydrogens is 510 g/mol. The van der Waals surface area contributed by atoms with Gasteiger partial charge in [0.15, 0.2) is 5.96 Å². The minimum Gasteiger partial charge on any atom is -0.508 e. The molecule has 12 N–H and O–H groups in total. The zero-order chi connectivity index (χ0) is 29.7. The van der Waals surface area contributed by atoms with E-state index in [0.717, 1.165) is 0 Å². The summed E-state index contributed by atoms with van der Waals surface area (Å²) in [7, 11) is 0. The molecule has 0 aliphatic carbocycles. The Morgan fingerprint density at radius 2 is 1.44 bits per heavy atom. The Morgan fingerprint density at radius 1 is 0.897 bits per heavy atom. The molecule has 3 amide bonds. The molecule has 0 saturated heterocycles. The van der Waals surface area contributed by atoms with Gasteiger partial charge in [-0.25, -0.2) is 4.79 Å². The summed E-state index contributed by atoms with van der Waals surface area (Å²) >= 11 is 0. The van der Waals surface area contributed by atoms with Crippen LogP contribution in [0, 0.1) is 5.92 Å². The highest BCUT2D eigenvalue weighted by molar-refractivity contribution is 5.94. The van der Waals surface area contributed by atoms with E-state index in [9.17, 15) is 34.5 Å². The number of rotatable bonds is 16. The van der Waals surface area contributed by atoms with E-state index >= 15 is 0 Å². The van der Waals surface area contributed by atoms with Crippen LogP contribution in [0.1, 0.15) is 45.6 Å². The smallest absolute Gasteiger partial charge is 0.326 e. The van der Waals surface area contributed by atoms with Gasteiger partial charge in [0, 0.05) is 13.0 Å². The molecule has 0 aliphatic rings. The van der Waals surface area contributed by atoms with E-state index in [1.165, 1.54) is 31.2 Å². The van der Waals surface area contributed by atoms with Crippen molar-refractivity contribution in [1.82, 2.24) is 16.0 Å². The lowest BCUT2D eigenvalue weighted by Gasteiger charge is -2.26. The minimum atomic E-state index is -1.32. The van der Waals surface area contributed by atoms with Crippen LogP contribution in [0.5, 0.6) is 5.75 Å². The number of aliphatic imine (C=N–C) groups is 1. The van der Waals surface area contributed by atoms with Gasteiger partial charge in [0.2, 0.25) is 17.7 Å². The Morgan fingerprint density at radius 3 is 1.95 bits per heavy atom. The summed E-state index contributed by atoms with van der Waals surface area (Å²) in [4.78, 5) is 54.5. The molecular formula is C25H41N7O7. The molecule has 5 unspecified atom stereocenters. The number of aromatic hydroxyl groups is 1. The molecule has 0 fully saturated rings. The zero-order valence-corrected chi connectivity index (χ0v) is 22.5. The zero-order valence-electron chi connectivity index (χ0n) is 22.5. The highest BCUT2D eigenvalue weighted by Crippen LogP contribution is 2.12. The third-order valence-electron chi connectivity index (χ3n) is 5.73.